The van der Waals surface area contributed by atoms with Gasteiger partial charge in [0.25, 0.3) is 0 Å². The highest BCUT2D eigenvalue weighted by molar-refractivity contribution is 5.76. The molecule has 7 heteroatoms. The SMILES string of the molecule is COc1cccc([C@H]2C[C@](C)(NC(=O)CCO)C[C@@H](c3ccc(F)cc3)O2)c1O. The molecule has 156 valence electrons. The van der Waals surface area contributed by atoms with E-state index >= 15 is 0 Å². The van der Waals surface area contributed by atoms with Gasteiger partial charge in [-0.3, -0.25) is 4.79 Å². The molecule has 2 aromatic rings. The summed E-state index contributed by atoms with van der Waals surface area (Å²) in [5, 5.41) is 22.6. The van der Waals surface area contributed by atoms with E-state index in [0.717, 1.165) is 5.56 Å². The Balaban J connectivity index is 1.95. The highest BCUT2D eigenvalue weighted by Crippen LogP contribution is 2.47. The van der Waals surface area contributed by atoms with Crippen LogP contribution in [0, 0.1) is 5.82 Å². The number of carbonyl (C=O) groups is 1. The molecule has 29 heavy (non-hydrogen) atoms. The normalized spacial score (nSPS) is 24.1. The number of hydrogen-bond donors (Lipinski definition) is 3. The maximum absolute atomic E-state index is 13.4. The first kappa shape index (κ1) is 21.1. The number of halogens is 1. The number of nitrogens with one attached hydrogen (secondary N) is 1. The number of aliphatic hydroxyl groups excluding tert-OH is 1. The summed E-state index contributed by atoms with van der Waals surface area (Å²) in [4.78, 5) is 12.2. The number of amides is 1. The molecule has 1 heterocycles. The minimum absolute atomic E-state index is 0.00669. The standard InChI is InChI=1S/C22H26FNO5/c1-22(24-20(26)10-11-25)12-18(14-6-8-15(23)9-7-14)29-19(13-22)16-4-3-5-17(28-2)21(16)27/h3-9,18-19,25,27H,10-13H2,1-2H3,(H,24,26)/t18-,19+,22+/m0/s1. The minimum atomic E-state index is -0.649. The largest absolute Gasteiger partial charge is 0.504 e. The molecule has 0 aliphatic carbocycles. The van der Waals surface area contributed by atoms with Crippen LogP contribution >= 0.6 is 0 Å². The van der Waals surface area contributed by atoms with Crippen LogP contribution in [0.1, 0.15) is 49.5 Å². The maximum atomic E-state index is 13.4. The Kier molecular flexibility index (Phi) is 6.39. The van der Waals surface area contributed by atoms with Gasteiger partial charge < -0.3 is 25.0 Å². The number of hydrogen-bond acceptors (Lipinski definition) is 5. The molecule has 1 aliphatic heterocycles. The summed E-state index contributed by atoms with van der Waals surface area (Å²) in [6.45, 7) is 1.67. The molecule has 0 radical (unpaired) electrons. The molecule has 0 spiro atoms. The van der Waals surface area contributed by atoms with Gasteiger partial charge in [-0.05, 0) is 30.7 Å². The number of aromatic hydroxyl groups is 1. The van der Waals surface area contributed by atoms with E-state index in [0.29, 0.717) is 24.2 Å². The van der Waals surface area contributed by atoms with Crippen molar-refractivity contribution in [3.05, 3.63) is 59.4 Å². The lowest BCUT2D eigenvalue weighted by atomic mass is 9.81. The third kappa shape index (κ3) is 4.86. The van der Waals surface area contributed by atoms with Crippen LogP contribution in [0.3, 0.4) is 0 Å². The topological polar surface area (TPSA) is 88.0 Å². The molecule has 0 aromatic heterocycles. The zero-order chi connectivity index (χ0) is 21.0. The third-order valence-electron chi connectivity index (χ3n) is 5.22. The van der Waals surface area contributed by atoms with Crippen molar-refractivity contribution in [1.29, 1.82) is 0 Å². The van der Waals surface area contributed by atoms with Crippen molar-refractivity contribution in [3.8, 4) is 11.5 Å². The van der Waals surface area contributed by atoms with Gasteiger partial charge in [0, 0.05) is 30.4 Å². The molecule has 3 atom stereocenters. The Morgan fingerprint density at radius 3 is 2.59 bits per heavy atom. The molecule has 3 N–H and O–H groups in total. The van der Waals surface area contributed by atoms with Gasteiger partial charge in [0.05, 0.1) is 25.9 Å². The van der Waals surface area contributed by atoms with Crippen LogP contribution in [0.4, 0.5) is 4.39 Å². The van der Waals surface area contributed by atoms with Crippen LogP contribution in [-0.4, -0.2) is 35.4 Å². The average Bonchev–Trinajstić information content (AvgIpc) is 2.68. The van der Waals surface area contributed by atoms with Crippen molar-refractivity contribution in [1.82, 2.24) is 5.32 Å². The van der Waals surface area contributed by atoms with Crippen molar-refractivity contribution in [2.45, 2.75) is 43.9 Å². The molecule has 1 fully saturated rings. The summed E-state index contributed by atoms with van der Waals surface area (Å²) >= 11 is 0. The van der Waals surface area contributed by atoms with E-state index in [-0.39, 0.29) is 30.5 Å². The van der Waals surface area contributed by atoms with Crippen LogP contribution in [0.5, 0.6) is 11.5 Å². The molecule has 0 unspecified atom stereocenters. The Hall–Kier alpha value is -2.64. The number of ether oxygens (including phenoxy) is 2. The molecule has 6 nitrogen and oxygen atoms in total. The van der Waals surface area contributed by atoms with Crippen molar-refractivity contribution in [2.75, 3.05) is 13.7 Å². The van der Waals surface area contributed by atoms with Gasteiger partial charge >= 0.3 is 0 Å². The van der Waals surface area contributed by atoms with Crippen molar-refractivity contribution < 1.29 is 28.9 Å². The Morgan fingerprint density at radius 1 is 1.24 bits per heavy atom. The fourth-order valence-corrected chi connectivity index (χ4v) is 3.82. The monoisotopic (exact) mass is 403 g/mol. The van der Waals surface area contributed by atoms with E-state index < -0.39 is 17.7 Å². The highest BCUT2D eigenvalue weighted by Gasteiger charge is 2.41. The Morgan fingerprint density at radius 2 is 1.93 bits per heavy atom. The number of rotatable bonds is 6. The molecule has 0 bridgehead atoms. The Labute approximate surface area is 169 Å². The second kappa shape index (κ2) is 8.80. The second-order valence-electron chi connectivity index (χ2n) is 7.55. The molecule has 1 aliphatic rings. The Bertz CT molecular complexity index is 857. The first-order valence-corrected chi connectivity index (χ1v) is 9.54. The van der Waals surface area contributed by atoms with Crippen LogP contribution in [0.25, 0.3) is 0 Å². The quantitative estimate of drug-likeness (QED) is 0.688. The van der Waals surface area contributed by atoms with Gasteiger partial charge in [0.1, 0.15) is 5.82 Å². The number of methoxy groups -OCH3 is 1. The highest BCUT2D eigenvalue weighted by atomic mass is 19.1. The second-order valence-corrected chi connectivity index (χ2v) is 7.55. The van der Waals surface area contributed by atoms with Crippen LogP contribution < -0.4 is 10.1 Å². The summed E-state index contributed by atoms with van der Waals surface area (Å²) in [7, 11) is 1.47. The molecule has 1 amide bonds. The molecular formula is C22H26FNO5. The van der Waals surface area contributed by atoms with E-state index in [9.17, 15) is 14.3 Å². The van der Waals surface area contributed by atoms with Gasteiger partial charge in [0.2, 0.25) is 5.91 Å². The van der Waals surface area contributed by atoms with Crippen LogP contribution in [0.2, 0.25) is 0 Å². The van der Waals surface area contributed by atoms with Gasteiger partial charge in [-0.1, -0.05) is 24.3 Å². The van der Waals surface area contributed by atoms with Gasteiger partial charge in [0.15, 0.2) is 11.5 Å². The van der Waals surface area contributed by atoms with E-state index in [4.69, 9.17) is 14.6 Å². The molecule has 3 rings (SSSR count). The predicted octanol–water partition coefficient (Wildman–Crippen LogP) is 3.39. The smallest absolute Gasteiger partial charge is 0.222 e. The summed E-state index contributed by atoms with van der Waals surface area (Å²) in [5.74, 6) is -0.279. The number of aliphatic hydroxyl groups is 1. The zero-order valence-electron chi connectivity index (χ0n) is 16.5. The molecule has 1 saturated heterocycles. The number of phenolic OH excluding ortho intramolecular Hbond substituents is 1. The van der Waals surface area contributed by atoms with Gasteiger partial charge in [-0.2, -0.15) is 0 Å². The number of carbonyl (C=O) groups excluding carboxylic acids is 1. The summed E-state index contributed by atoms with van der Waals surface area (Å²) in [6.07, 6.45) is -0.0421. The molecule has 0 saturated carbocycles. The average molecular weight is 403 g/mol. The fraction of sp³-hybridized carbons (Fsp3) is 0.409. The number of benzene rings is 2. The van der Waals surface area contributed by atoms with Crippen molar-refractivity contribution >= 4 is 5.91 Å². The van der Waals surface area contributed by atoms with E-state index in [1.807, 2.05) is 6.92 Å². The summed E-state index contributed by atoms with van der Waals surface area (Å²) in [6, 6.07) is 11.2. The van der Waals surface area contributed by atoms with Gasteiger partial charge in [-0.25, -0.2) is 4.39 Å². The van der Waals surface area contributed by atoms with E-state index in [2.05, 4.69) is 5.32 Å². The lowest BCUT2D eigenvalue weighted by Crippen LogP contribution is -2.51. The van der Waals surface area contributed by atoms with Gasteiger partial charge in [-0.15, -0.1) is 0 Å². The first-order valence-electron chi connectivity index (χ1n) is 9.54. The van der Waals surface area contributed by atoms with E-state index in [1.54, 1.807) is 30.3 Å². The maximum Gasteiger partial charge on any atom is 0.222 e. The summed E-state index contributed by atoms with van der Waals surface area (Å²) < 4.78 is 24.9. The zero-order valence-corrected chi connectivity index (χ0v) is 16.5. The number of para-hydroxylation sites is 1. The third-order valence-corrected chi connectivity index (χ3v) is 5.22. The van der Waals surface area contributed by atoms with Crippen LogP contribution in [0.15, 0.2) is 42.5 Å². The first-order chi connectivity index (χ1) is 13.8. The fourth-order valence-electron chi connectivity index (χ4n) is 3.82. The van der Waals surface area contributed by atoms with Crippen molar-refractivity contribution in [3.63, 3.8) is 0 Å². The lowest BCUT2D eigenvalue weighted by Gasteiger charge is -2.43. The predicted molar refractivity (Wildman–Crippen MR) is 105 cm³/mol. The lowest BCUT2D eigenvalue weighted by molar-refractivity contribution is -0.129. The molecular weight excluding hydrogens is 377 g/mol. The minimum Gasteiger partial charge on any atom is -0.504 e. The number of phenols is 1. The summed E-state index contributed by atoms with van der Waals surface area (Å²) in [5.41, 5.74) is 0.684. The van der Waals surface area contributed by atoms with Crippen LogP contribution in [-0.2, 0) is 9.53 Å². The van der Waals surface area contributed by atoms with E-state index in [1.165, 1.54) is 19.2 Å². The molecule has 2 aromatic carbocycles. The van der Waals surface area contributed by atoms with Crippen molar-refractivity contribution in [2.24, 2.45) is 0 Å².